The summed E-state index contributed by atoms with van der Waals surface area (Å²) in [6.45, 7) is 5.78. The molecule has 0 amide bonds. The average Bonchev–Trinajstić information content (AvgIpc) is 2.92. The van der Waals surface area contributed by atoms with Crippen LogP contribution in [0.5, 0.6) is 0 Å². The topological polar surface area (TPSA) is 12.0 Å². The van der Waals surface area contributed by atoms with Crippen LogP contribution in [0.25, 0.3) is 0 Å². The first-order chi connectivity index (χ1) is 10.4. The highest BCUT2D eigenvalue weighted by molar-refractivity contribution is 5.15. The second kappa shape index (κ2) is 7.49. The predicted molar refractivity (Wildman–Crippen MR) is 91.4 cm³/mol. The van der Waals surface area contributed by atoms with E-state index in [1.54, 1.807) is 19.3 Å². The lowest BCUT2D eigenvalue weighted by Gasteiger charge is -2.21. The minimum absolute atomic E-state index is 0.865. The number of nitrogens with one attached hydrogen (secondary N) is 1. The molecule has 3 fully saturated rings. The Labute approximate surface area is 132 Å². The molecule has 0 spiro atoms. The number of hydrogen-bond acceptors (Lipinski definition) is 1. The molecule has 0 aromatic rings. The van der Waals surface area contributed by atoms with Crippen LogP contribution in [0.4, 0.5) is 0 Å². The Bertz CT molecular complexity index is 297. The smallest absolute Gasteiger partial charge is 0.0101 e. The Balaban J connectivity index is 1.34. The molecule has 122 valence electrons. The van der Waals surface area contributed by atoms with Crippen molar-refractivity contribution in [2.45, 2.75) is 90.5 Å². The maximum atomic E-state index is 3.85. The quantitative estimate of drug-likeness (QED) is 0.503. The molecule has 0 aromatic carbocycles. The molecule has 5 atom stereocenters. The van der Waals surface area contributed by atoms with Crippen molar-refractivity contribution in [3.63, 3.8) is 0 Å². The minimum atomic E-state index is 0.865. The van der Waals surface area contributed by atoms with Gasteiger partial charge in [0, 0.05) is 6.04 Å². The van der Waals surface area contributed by atoms with Crippen molar-refractivity contribution in [3.8, 4) is 0 Å². The van der Waals surface area contributed by atoms with Crippen LogP contribution in [0, 0.1) is 29.6 Å². The third-order valence-electron chi connectivity index (χ3n) is 6.84. The summed E-state index contributed by atoms with van der Waals surface area (Å²) in [4.78, 5) is 0. The lowest BCUT2D eigenvalue weighted by Crippen LogP contribution is -2.33. The zero-order valence-electron chi connectivity index (χ0n) is 14.4. The van der Waals surface area contributed by atoms with Gasteiger partial charge in [-0.2, -0.15) is 0 Å². The molecular formula is C20H37N. The molecule has 1 N–H and O–H groups in total. The molecule has 5 unspecified atom stereocenters. The van der Waals surface area contributed by atoms with Gasteiger partial charge in [-0.25, -0.2) is 0 Å². The summed E-state index contributed by atoms with van der Waals surface area (Å²) in [5.41, 5.74) is 0. The summed E-state index contributed by atoms with van der Waals surface area (Å²) in [5.74, 6) is 5.66. The highest BCUT2D eigenvalue weighted by atomic mass is 14.9. The first-order valence-corrected chi connectivity index (χ1v) is 10.1. The van der Waals surface area contributed by atoms with Crippen molar-refractivity contribution in [3.05, 3.63) is 0 Å². The Kier molecular flexibility index (Phi) is 5.65. The summed E-state index contributed by atoms with van der Waals surface area (Å²) in [6, 6.07) is 0.865. The van der Waals surface area contributed by atoms with Crippen LogP contribution in [0.1, 0.15) is 84.5 Å². The summed E-state index contributed by atoms with van der Waals surface area (Å²) in [5, 5.41) is 3.85. The first kappa shape index (κ1) is 15.8. The van der Waals surface area contributed by atoms with Gasteiger partial charge in [0.05, 0.1) is 0 Å². The van der Waals surface area contributed by atoms with Crippen LogP contribution in [-0.4, -0.2) is 12.6 Å². The maximum absolute atomic E-state index is 3.85. The molecule has 0 saturated heterocycles. The molecular weight excluding hydrogens is 254 g/mol. The van der Waals surface area contributed by atoms with E-state index in [-0.39, 0.29) is 0 Å². The van der Waals surface area contributed by atoms with E-state index in [9.17, 15) is 0 Å². The van der Waals surface area contributed by atoms with Crippen LogP contribution in [0.3, 0.4) is 0 Å². The summed E-state index contributed by atoms with van der Waals surface area (Å²) >= 11 is 0. The average molecular weight is 292 g/mol. The van der Waals surface area contributed by atoms with Gasteiger partial charge in [-0.05, 0) is 61.8 Å². The van der Waals surface area contributed by atoms with Crippen LogP contribution in [-0.2, 0) is 0 Å². The van der Waals surface area contributed by atoms with Crippen molar-refractivity contribution >= 4 is 0 Å². The fourth-order valence-corrected chi connectivity index (χ4v) is 5.94. The van der Waals surface area contributed by atoms with Gasteiger partial charge in [0.15, 0.2) is 0 Å². The van der Waals surface area contributed by atoms with Crippen LogP contribution in [0.15, 0.2) is 0 Å². The summed E-state index contributed by atoms with van der Waals surface area (Å²) < 4.78 is 0. The summed E-state index contributed by atoms with van der Waals surface area (Å²) in [7, 11) is 0. The second-order valence-corrected chi connectivity index (χ2v) is 8.14. The molecule has 3 rings (SSSR count). The normalized spacial score (nSPS) is 37.7. The van der Waals surface area contributed by atoms with E-state index < -0.39 is 0 Å². The van der Waals surface area contributed by atoms with Gasteiger partial charge in [0.1, 0.15) is 0 Å². The highest BCUT2D eigenvalue weighted by Crippen LogP contribution is 2.70. The minimum Gasteiger partial charge on any atom is -0.314 e. The largest absolute Gasteiger partial charge is 0.314 e. The van der Waals surface area contributed by atoms with E-state index in [0.29, 0.717) is 0 Å². The fraction of sp³-hybridized carbons (Fsp3) is 1.00. The van der Waals surface area contributed by atoms with E-state index in [1.807, 2.05) is 0 Å². The SMILES string of the molecule is CCCCCCCCCC(NCC)C1C2C3CCC(C3)C21. The molecule has 1 nitrogen and oxygen atoms in total. The van der Waals surface area contributed by atoms with Gasteiger partial charge in [-0.3, -0.25) is 0 Å². The van der Waals surface area contributed by atoms with Crippen molar-refractivity contribution in [1.29, 1.82) is 0 Å². The molecule has 0 radical (unpaired) electrons. The molecule has 2 bridgehead atoms. The Morgan fingerprint density at radius 1 is 0.857 bits per heavy atom. The first-order valence-electron chi connectivity index (χ1n) is 10.1. The Morgan fingerprint density at radius 2 is 1.48 bits per heavy atom. The highest BCUT2D eigenvalue weighted by Gasteiger charge is 2.66. The third kappa shape index (κ3) is 3.49. The standard InChI is InChI=1S/C20H37N/c1-3-5-6-7-8-9-10-11-17(21-4-2)20-18-15-12-13-16(14-15)19(18)20/h15-21H,3-14H2,1-2H3. The third-order valence-corrected chi connectivity index (χ3v) is 6.84. The Hall–Kier alpha value is -0.0400. The van der Waals surface area contributed by atoms with Crippen molar-refractivity contribution in [2.24, 2.45) is 29.6 Å². The molecule has 3 aliphatic rings. The zero-order chi connectivity index (χ0) is 14.7. The van der Waals surface area contributed by atoms with Crippen LogP contribution in [0.2, 0.25) is 0 Å². The van der Waals surface area contributed by atoms with Crippen molar-refractivity contribution in [1.82, 2.24) is 5.32 Å². The zero-order valence-corrected chi connectivity index (χ0v) is 14.4. The van der Waals surface area contributed by atoms with Gasteiger partial charge >= 0.3 is 0 Å². The number of hydrogen-bond donors (Lipinski definition) is 1. The molecule has 21 heavy (non-hydrogen) atoms. The van der Waals surface area contributed by atoms with Gasteiger partial charge in [0.25, 0.3) is 0 Å². The van der Waals surface area contributed by atoms with Crippen molar-refractivity contribution < 1.29 is 0 Å². The molecule has 0 aromatic heterocycles. The Morgan fingerprint density at radius 3 is 2.10 bits per heavy atom. The van der Waals surface area contributed by atoms with Crippen molar-refractivity contribution in [2.75, 3.05) is 6.54 Å². The summed E-state index contributed by atoms with van der Waals surface area (Å²) in [6.07, 6.45) is 16.3. The maximum Gasteiger partial charge on any atom is 0.0101 e. The molecule has 1 heteroatoms. The molecule has 0 heterocycles. The molecule has 3 aliphatic carbocycles. The number of unbranched alkanes of at least 4 members (excludes halogenated alkanes) is 6. The van der Waals surface area contributed by atoms with Gasteiger partial charge in [-0.1, -0.05) is 58.8 Å². The van der Waals surface area contributed by atoms with E-state index in [2.05, 4.69) is 19.2 Å². The molecule has 0 aliphatic heterocycles. The second-order valence-electron chi connectivity index (χ2n) is 8.14. The molecule has 3 saturated carbocycles. The van der Waals surface area contributed by atoms with E-state index in [4.69, 9.17) is 0 Å². The van der Waals surface area contributed by atoms with Crippen LogP contribution >= 0.6 is 0 Å². The number of fused-ring (bicyclic) bond motifs is 5. The van der Waals surface area contributed by atoms with Crippen LogP contribution < -0.4 is 5.32 Å². The van der Waals surface area contributed by atoms with E-state index >= 15 is 0 Å². The van der Waals surface area contributed by atoms with Gasteiger partial charge in [-0.15, -0.1) is 0 Å². The van der Waals surface area contributed by atoms with E-state index in [1.165, 1.54) is 57.9 Å². The van der Waals surface area contributed by atoms with Gasteiger partial charge in [0.2, 0.25) is 0 Å². The van der Waals surface area contributed by atoms with E-state index in [0.717, 1.165) is 35.6 Å². The van der Waals surface area contributed by atoms with Gasteiger partial charge < -0.3 is 5.32 Å². The lowest BCUT2D eigenvalue weighted by molar-refractivity contribution is 0.344. The fourth-order valence-electron chi connectivity index (χ4n) is 5.94. The predicted octanol–water partition coefficient (Wildman–Crippen LogP) is 5.40. The number of rotatable bonds is 11. The lowest BCUT2D eigenvalue weighted by atomic mass is 9.94. The monoisotopic (exact) mass is 291 g/mol.